The highest BCUT2D eigenvalue weighted by Crippen LogP contribution is 2.26. The largest absolute Gasteiger partial charge is 0.383 e. The van der Waals surface area contributed by atoms with Gasteiger partial charge in [0.15, 0.2) is 0 Å². The van der Waals surface area contributed by atoms with Gasteiger partial charge in [0, 0.05) is 20.1 Å². The van der Waals surface area contributed by atoms with Gasteiger partial charge < -0.3 is 20.7 Å². The van der Waals surface area contributed by atoms with E-state index in [-0.39, 0.29) is 10.8 Å². The molecule has 0 aliphatic carbocycles. The summed E-state index contributed by atoms with van der Waals surface area (Å²) < 4.78 is 31.4. The highest BCUT2D eigenvalue weighted by molar-refractivity contribution is 7.89. The number of hydrogen-bond donors (Lipinski definition) is 4. The minimum absolute atomic E-state index is 0.104. The maximum absolute atomic E-state index is 12.3. The van der Waals surface area contributed by atoms with Crippen molar-refractivity contribution in [1.29, 1.82) is 0 Å². The lowest BCUT2D eigenvalue weighted by atomic mass is 10.0. The van der Waals surface area contributed by atoms with E-state index in [4.69, 9.17) is 4.74 Å². The van der Waals surface area contributed by atoms with Gasteiger partial charge in [0.2, 0.25) is 15.9 Å². The van der Waals surface area contributed by atoms with Crippen molar-refractivity contribution in [3.05, 3.63) is 18.2 Å². The molecule has 0 saturated carbocycles. The molecule has 0 bridgehead atoms. The van der Waals surface area contributed by atoms with Crippen LogP contribution in [0.3, 0.4) is 0 Å². The van der Waals surface area contributed by atoms with Crippen molar-refractivity contribution in [2.75, 3.05) is 51.0 Å². The summed E-state index contributed by atoms with van der Waals surface area (Å²) in [5.74, 6) is 0.404. The fourth-order valence-electron chi connectivity index (χ4n) is 2.86. The molecule has 1 atom stereocenters. The Balaban J connectivity index is 2.09. The molecule has 26 heavy (non-hydrogen) atoms. The Hall–Kier alpha value is -1.68. The lowest BCUT2D eigenvalue weighted by Gasteiger charge is -2.15. The van der Waals surface area contributed by atoms with Crippen molar-refractivity contribution in [3.63, 3.8) is 0 Å². The minimum atomic E-state index is -3.59. The van der Waals surface area contributed by atoms with E-state index in [2.05, 4.69) is 20.7 Å². The minimum Gasteiger partial charge on any atom is -0.383 e. The summed E-state index contributed by atoms with van der Waals surface area (Å²) in [4.78, 5) is 12.4. The summed E-state index contributed by atoms with van der Waals surface area (Å²) >= 11 is 0. The van der Waals surface area contributed by atoms with Gasteiger partial charge in [-0.1, -0.05) is 0 Å². The number of amides is 1. The maximum atomic E-state index is 12.3. The van der Waals surface area contributed by atoms with Crippen molar-refractivity contribution >= 4 is 27.3 Å². The Bertz CT molecular complexity index is 703. The zero-order valence-electron chi connectivity index (χ0n) is 15.3. The zero-order chi connectivity index (χ0) is 19.0. The number of carbonyl (C=O) groups is 1. The van der Waals surface area contributed by atoms with Crippen molar-refractivity contribution < 1.29 is 17.9 Å². The molecule has 0 aromatic heterocycles. The van der Waals surface area contributed by atoms with E-state index < -0.39 is 10.0 Å². The predicted octanol–water partition coefficient (Wildman–Crippen LogP) is 0.981. The molecule has 1 saturated heterocycles. The average molecular weight is 385 g/mol. The summed E-state index contributed by atoms with van der Waals surface area (Å²) in [6, 6.07) is 4.62. The third-order valence-electron chi connectivity index (χ3n) is 4.41. The van der Waals surface area contributed by atoms with Crippen LogP contribution < -0.4 is 20.7 Å². The van der Waals surface area contributed by atoms with Gasteiger partial charge in [-0.25, -0.2) is 13.1 Å². The first kappa shape index (κ1) is 20.6. The van der Waals surface area contributed by atoms with Gasteiger partial charge in [-0.05, 0) is 57.1 Å². The molecule has 4 N–H and O–H groups in total. The standard InChI is InChI=1S/C17H28N4O4S/c1-18-26(23,24)14-4-5-15(20-9-10-25-2)16(11-14)21-17(22)6-3-13-7-8-19-12-13/h4-5,11,13,18-20H,3,6-10,12H2,1-2H3,(H,21,22). The number of sulfonamides is 1. The van der Waals surface area contributed by atoms with E-state index in [0.29, 0.717) is 36.9 Å². The van der Waals surface area contributed by atoms with E-state index in [9.17, 15) is 13.2 Å². The van der Waals surface area contributed by atoms with Crippen LogP contribution in [0, 0.1) is 5.92 Å². The molecular formula is C17H28N4O4S. The fraction of sp³-hybridized carbons (Fsp3) is 0.588. The van der Waals surface area contributed by atoms with Crippen molar-refractivity contribution in [2.24, 2.45) is 5.92 Å². The number of benzene rings is 1. The first-order chi connectivity index (χ1) is 12.5. The van der Waals surface area contributed by atoms with Crippen LogP contribution in [0.4, 0.5) is 11.4 Å². The van der Waals surface area contributed by atoms with Gasteiger partial charge in [-0.15, -0.1) is 0 Å². The van der Waals surface area contributed by atoms with E-state index in [1.807, 2.05) is 0 Å². The Morgan fingerprint density at radius 2 is 2.15 bits per heavy atom. The lowest BCUT2D eigenvalue weighted by Crippen LogP contribution is -2.20. The van der Waals surface area contributed by atoms with Crippen molar-refractivity contribution in [3.8, 4) is 0 Å². The molecule has 146 valence electrons. The Morgan fingerprint density at radius 1 is 1.35 bits per heavy atom. The van der Waals surface area contributed by atoms with Gasteiger partial charge in [0.1, 0.15) is 0 Å². The van der Waals surface area contributed by atoms with Crippen LogP contribution >= 0.6 is 0 Å². The topological polar surface area (TPSA) is 109 Å². The second-order valence-corrected chi connectivity index (χ2v) is 8.17. The third-order valence-corrected chi connectivity index (χ3v) is 5.82. The zero-order valence-corrected chi connectivity index (χ0v) is 16.1. The number of hydrogen-bond acceptors (Lipinski definition) is 6. The molecule has 9 heteroatoms. The van der Waals surface area contributed by atoms with Crippen LogP contribution in [0.1, 0.15) is 19.3 Å². The molecule has 2 rings (SSSR count). The molecular weight excluding hydrogens is 356 g/mol. The third kappa shape index (κ3) is 5.94. The lowest BCUT2D eigenvalue weighted by molar-refractivity contribution is -0.116. The quantitative estimate of drug-likeness (QED) is 0.448. The predicted molar refractivity (Wildman–Crippen MR) is 102 cm³/mol. The summed E-state index contributed by atoms with van der Waals surface area (Å²) in [7, 11) is -0.629. The highest BCUT2D eigenvalue weighted by atomic mass is 32.2. The van der Waals surface area contributed by atoms with Crippen LogP contribution in [-0.4, -0.2) is 54.7 Å². The van der Waals surface area contributed by atoms with Gasteiger partial charge in [0.05, 0.1) is 22.9 Å². The van der Waals surface area contributed by atoms with Crippen molar-refractivity contribution in [2.45, 2.75) is 24.2 Å². The van der Waals surface area contributed by atoms with Crippen LogP contribution in [0.5, 0.6) is 0 Å². The number of carbonyl (C=O) groups excluding carboxylic acids is 1. The Labute approximate surface area is 155 Å². The Kier molecular flexibility index (Phi) is 7.83. The van der Waals surface area contributed by atoms with Crippen LogP contribution in [0.15, 0.2) is 23.1 Å². The molecule has 1 aliphatic rings. The fourth-order valence-corrected chi connectivity index (χ4v) is 3.62. The summed E-state index contributed by atoms with van der Waals surface area (Å²) in [5, 5.41) is 9.28. The molecule has 1 aromatic rings. The number of methoxy groups -OCH3 is 1. The van der Waals surface area contributed by atoms with Gasteiger partial charge in [-0.3, -0.25) is 4.79 Å². The molecule has 1 amide bonds. The van der Waals surface area contributed by atoms with E-state index in [0.717, 1.165) is 25.9 Å². The second-order valence-electron chi connectivity index (χ2n) is 6.28. The van der Waals surface area contributed by atoms with Crippen molar-refractivity contribution in [1.82, 2.24) is 10.0 Å². The Morgan fingerprint density at radius 3 is 2.81 bits per heavy atom. The average Bonchev–Trinajstić information content (AvgIpc) is 3.15. The second kappa shape index (κ2) is 9.86. The van der Waals surface area contributed by atoms with Gasteiger partial charge >= 0.3 is 0 Å². The summed E-state index contributed by atoms with van der Waals surface area (Å²) in [6.07, 6.45) is 2.32. The van der Waals surface area contributed by atoms with E-state index in [1.165, 1.54) is 19.2 Å². The number of ether oxygens (including phenoxy) is 1. The summed E-state index contributed by atoms with van der Waals surface area (Å²) in [5.41, 5.74) is 1.11. The molecule has 1 aliphatic heterocycles. The van der Waals surface area contributed by atoms with Crippen LogP contribution in [0.25, 0.3) is 0 Å². The highest BCUT2D eigenvalue weighted by Gasteiger charge is 2.18. The monoisotopic (exact) mass is 384 g/mol. The normalized spacial score (nSPS) is 17.2. The number of anilines is 2. The molecule has 1 heterocycles. The number of nitrogens with one attached hydrogen (secondary N) is 4. The van der Waals surface area contributed by atoms with Gasteiger partial charge in [0.25, 0.3) is 0 Å². The number of rotatable bonds is 10. The summed E-state index contributed by atoms with van der Waals surface area (Å²) in [6.45, 7) is 3.00. The first-order valence-corrected chi connectivity index (χ1v) is 10.3. The molecule has 8 nitrogen and oxygen atoms in total. The van der Waals surface area contributed by atoms with Crippen LogP contribution in [0.2, 0.25) is 0 Å². The first-order valence-electron chi connectivity index (χ1n) is 8.77. The maximum Gasteiger partial charge on any atom is 0.240 e. The van der Waals surface area contributed by atoms with Gasteiger partial charge in [-0.2, -0.15) is 0 Å². The SMILES string of the molecule is CNS(=O)(=O)c1ccc(NCCOC)c(NC(=O)CCC2CCNC2)c1. The van der Waals surface area contributed by atoms with Crippen LogP contribution in [-0.2, 0) is 19.6 Å². The molecule has 0 radical (unpaired) electrons. The molecule has 1 unspecified atom stereocenters. The molecule has 0 spiro atoms. The smallest absolute Gasteiger partial charge is 0.240 e. The molecule has 1 fully saturated rings. The van der Waals surface area contributed by atoms with E-state index >= 15 is 0 Å². The van der Waals surface area contributed by atoms with E-state index in [1.54, 1.807) is 13.2 Å². The molecule has 1 aromatic carbocycles.